The summed E-state index contributed by atoms with van der Waals surface area (Å²) in [6.07, 6.45) is 3.44. The Kier molecular flexibility index (Phi) is 5.73. The van der Waals surface area contributed by atoms with Crippen molar-refractivity contribution >= 4 is 57.3 Å². The van der Waals surface area contributed by atoms with E-state index in [1.807, 2.05) is 24.3 Å². The summed E-state index contributed by atoms with van der Waals surface area (Å²) in [4.78, 5) is 10.6. The Morgan fingerprint density at radius 2 is 2.07 bits per heavy atom. The zero-order valence-electron chi connectivity index (χ0n) is 15.6. The zero-order chi connectivity index (χ0) is 17.8. The molecule has 0 saturated carbocycles. The monoisotopic (exact) mass is 448 g/mol. The van der Waals surface area contributed by atoms with Gasteiger partial charge in [-0.05, 0) is 36.2 Å². The maximum atomic E-state index is 6.02. The summed E-state index contributed by atoms with van der Waals surface area (Å²) >= 11 is 1.57. The molecule has 2 aromatic heterocycles. The lowest BCUT2D eigenvalue weighted by molar-refractivity contribution is 0.218. The molecule has 2 aliphatic heterocycles. The first-order chi connectivity index (χ1) is 13.3. The van der Waals surface area contributed by atoms with Gasteiger partial charge < -0.3 is 15.0 Å². The average molecular weight is 449 g/mol. The summed E-state index contributed by atoms with van der Waals surface area (Å²) in [5.41, 5.74) is 3.46. The van der Waals surface area contributed by atoms with E-state index in [2.05, 4.69) is 44.6 Å². The Morgan fingerprint density at radius 1 is 1.17 bits per heavy atom. The summed E-state index contributed by atoms with van der Waals surface area (Å²) in [6, 6.07) is 15.8. The van der Waals surface area contributed by atoms with E-state index in [1.54, 1.807) is 11.3 Å². The van der Waals surface area contributed by atoms with Crippen LogP contribution in [0, 0.1) is 0 Å². The smallest absolute Gasteiger partial charge is 0.279 e. The number of para-hydroxylation sites is 1. The molecule has 0 amide bonds. The first kappa shape index (κ1) is 20.4. The minimum Gasteiger partial charge on any atom is -0.431 e. The quantitative estimate of drug-likeness (QED) is 0.463. The third-order valence-electron chi connectivity index (χ3n) is 5.76. The number of nitrogens with one attached hydrogen (secondary N) is 2. The molecule has 5 nitrogen and oxygen atoms in total. The molecule has 29 heavy (non-hydrogen) atoms. The Labute approximate surface area is 185 Å². The number of H-pyrrole nitrogens is 1. The molecule has 0 aliphatic carbocycles. The van der Waals surface area contributed by atoms with E-state index in [4.69, 9.17) is 4.74 Å². The lowest BCUT2D eigenvalue weighted by Crippen LogP contribution is -2.42. The molecule has 152 valence electrons. The number of aromatic nitrogens is 2. The number of aromatic amines is 1. The fourth-order valence-electron chi connectivity index (χ4n) is 4.41. The van der Waals surface area contributed by atoms with Gasteiger partial charge in [0.1, 0.15) is 5.75 Å². The fraction of sp³-hybridized carbons (Fsp3) is 0.286. The first-order valence-electron chi connectivity index (χ1n) is 9.43. The first-order valence-corrected chi connectivity index (χ1v) is 10.2. The lowest BCUT2D eigenvalue weighted by atomic mass is 10.1. The van der Waals surface area contributed by atoms with E-state index in [0.29, 0.717) is 17.3 Å². The van der Waals surface area contributed by atoms with Gasteiger partial charge in [0.2, 0.25) is 0 Å². The minimum absolute atomic E-state index is 0. The number of hydrogen-bond acceptors (Lipinski definition) is 5. The molecular formula is C21H22Cl2N4OS. The van der Waals surface area contributed by atoms with Crippen molar-refractivity contribution in [3.63, 3.8) is 0 Å². The van der Waals surface area contributed by atoms with Gasteiger partial charge in [0, 0.05) is 54.9 Å². The second kappa shape index (κ2) is 8.13. The molecule has 0 spiro atoms. The summed E-state index contributed by atoms with van der Waals surface area (Å²) in [5.74, 6) is 0.819. The van der Waals surface area contributed by atoms with Gasteiger partial charge in [0.05, 0.1) is 10.2 Å². The van der Waals surface area contributed by atoms with E-state index < -0.39 is 0 Å². The van der Waals surface area contributed by atoms with Gasteiger partial charge in [-0.15, -0.1) is 24.8 Å². The molecule has 6 rings (SSSR count). The fourth-order valence-corrected chi connectivity index (χ4v) is 5.25. The van der Waals surface area contributed by atoms with E-state index in [-0.39, 0.29) is 24.8 Å². The summed E-state index contributed by atoms with van der Waals surface area (Å²) in [5, 5.41) is 5.54. The van der Waals surface area contributed by atoms with Crippen molar-refractivity contribution in [2.24, 2.45) is 0 Å². The molecule has 2 aliphatic rings. The van der Waals surface area contributed by atoms with Crippen LogP contribution in [0.3, 0.4) is 0 Å². The normalized spacial score (nSPS) is 20.7. The number of halogens is 2. The summed E-state index contributed by atoms with van der Waals surface area (Å²) < 4.78 is 7.17. The van der Waals surface area contributed by atoms with E-state index >= 15 is 0 Å². The number of rotatable bonds is 4. The number of hydrogen-bond donors (Lipinski definition) is 2. The highest BCUT2D eigenvalue weighted by atomic mass is 35.5. The largest absolute Gasteiger partial charge is 0.431 e. The number of likely N-dealkylation sites (tertiary alicyclic amines) is 1. The van der Waals surface area contributed by atoms with Crippen LogP contribution in [0.2, 0.25) is 0 Å². The highest BCUT2D eigenvalue weighted by molar-refractivity contribution is 7.20. The minimum atomic E-state index is 0. The Hall–Kier alpha value is -1.83. The van der Waals surface area contributed by atoms with E-state index in [1.165, 1.54) is 17.4 Å². The van der Waals surface area contributed by atoms with Crippen molar-refractivity contribution in [3.05, 3.63) is 54.2 Å². The topological polar surface area (TPSA) is 53.2 Å². The number of nitrogens with zero attached hydrogens (tertiary/aromatic N) is 2. The predicted molar refractivity (Wildman–Crippen MR) is 123 cm³/mol. The van der Waals surface area contributed by atoms with Gasteiger partial charge in [-0.25, -0.2) is 4.98 Å². The second-order valence-corrected chi connectivity index (χ2v) is 8.49. The molecule has 0 radical (unpaired) electrons. The van der Waals surface area contributed by atoms with E-state index in [9.17, 15) is 0 Å². The van der Waals surface area contributed by atoms with Gasteiger partial charge in [-0.2, -0.15) is 0 Å². The van der Waals surface area contributed by atoms with Crippen LogP contribution in [-0.2, 0) is 6.54 Å². The van der Waals surface area contributed by atoms with Gasteiger partial charge in [-0.3, -0.25) is 4.90 Å². The predicted octanol–water partition coefficient (Wildman–Crippen LogP) is 4.96. The number of fused-ring (bicyclic) bond motifs is 4. The lowest BCUT2D eigenvalue weighted by Gasteiger charge is -2.26. The van der Waals surface area contributed by atoms with Crippen LogP contribution in [0.15, 0.2) is 48.7 Å². The second-order valence-electron chi connectivity index (χ2n) is 7.50. The van der Waals surface area contributed by atoms with Crippen LogP contribution in [0.1, 0.15) is 12.0 Å². The molecule has 4 heterocycles. The molecule has 2 N–H and O–H groups in total. The van der Waals surface area contributed by atoms with E-state index in [0.717, 1.165) is 41.1 Å². The molecule has 2 fully saturated rings. The summed E-state index contributed by atoms with van der Waals surface area (Å²) in [7, 11) is 0. The maximum absolute atomic E-state index is 6.02. The van der Waals surface area contributed by atoms with Crippen LogP contribution in [0.25, 0.3) is 21.1 Å². The Balaban J connectivity index is 0.00000102. The molecular weight excluding hydrogens is 427 g/mol. The van der Waals surface area contributed by atoms with Crippen molar-refractivity contribution in [1.82, 2.24) is 20.2 Å². The molecule has 8 heteroatoms. The number of piperazine rings is 1. The van der Waals surface area contributed by atoms with Crippen molar-refractivity contribution < 1.29 is 4.74 Å². The third kappa shape index (κ3) is 3.71. The molecule has 2 aromatic carbocycles. The maximum Gasteiger partial charge on any atom is 0.279 e. The van der Waals surface area contributed by atoms with Crippen molar-refractivity contribution in [1.29, 1.82) is 0 Å². The van der Waals surface area contributed by atoms with Crippen LogP contribution < -0.4 is 10.1 Å². The Morgan fingerprint density at radius 3 is 2.86 bits per heavy atom. The third-order valence-corrected chi connectivity index (χ3v) is 6.68. The summed E-state index contributed by atoms with van der Waals surface area (Å²) in [6.45, 7) is 3.31. The number of benzene rings is 2. The van der Waals surface area contributed by atoms with Gasteiger partial charge in [0.15, 0.2) is 0 Å². The molecule has 2 atom stereocenters. The van der Waals surface area contributed by atoms with Crippen LogP contribution >= 0.6 is 36.2 Å². The Bertz CT molecular complexity index is 1110. The van der Waals surface area contributed by atoms with Crippen LogP contribution in [-0.4, -0.2) is 40.0 Å². The highest BCUT2D eigenvalue weighted by Crippen LogP contribution is 2.33. The van der Waals surface area contributed by atoms with Crippen molar-refractivity contribution in [3.8, 4) is 10.9 Å². The van der Waals surface area contributed by atoms with Crippen molar-refractivity contribution in [2.45, 2.75) is 25.0 Å². The molecule has 2 bridgehead atoms. The van der Waals surface area contributed by atoms with Gasteiger partial charge in [-0.1, -0.05) is 23.5 Å². The zero-order valence-corrected chi connectivity index (χ0v) is 18.1. The van der Waals surface area contributed by atoms with Crippen LogP contribution in [0.4, 0.5) is 0 Å². The SMILES string of the molecule is Cl.Cl.c1ccc2sc(Oc3ccc4c(CN5C[C@@H]6C[C@H]5CN6)c[nH]c4c3)nc2c1. The molecule has 4 aromatic rings. The molecule has 0 unspecified atom stereocenters. The molecule has 2 saturated heterocycles. The standard InChI is InChI=1S/C21H20N4OS.2ClH/c1-2-4-20-18(3-1)24-21(27-20)26-16-5-6-17-13(9-23-19(17)8-16)11-25-12-14-7-15(25)10-22-14;;/h1-6,8-9,14-15,22-23H,7,10-12H2;2*1H/t14-,15-;;/m0../s1. The van der Waals surface area contributed by atoms with Gasteiger partial charge >= 0.3 is 0 Å². The van der Waals surface area contributed by atoms with Gasteiger partial charge in [0.25, 0.3) is 5.19 Å². The van der Waals surface area contributed by atoms with Crippen LogP contribution in [0.5, 0.6) is 10.9 Å². The highest BCUT2D eigenvalue weighted by Gasteiger charge is 2.37. The number of thiazole rings is 1. The number of ether oxygens (including phenoxy) is 1. The average Bonchev–Trinajstić information content (AvgIpc) is 3.45. The van der Waals surface area contributed by atoms with Crippen molar-refractivity contribution in [2.75, 3.05) is 13.1 Å².